The van der Waals surface area contributed by atoms with Gasteiger partial charge in [-0.3, -0.25) is 0 Å². The van der Waals surface area contributed by atoms with Crippen molar-refractivity contribution < 1.29 is 4.42 Å². The van der Waals surface area contributed by atoms with Gasteiger partial charge in [0.05, 0.1) is 11.3 Å². The van der Waals surface area contributed by atoms with Crippen LogP contribution in [0.2, 0.25) is 0 Å². The van der Waals surface area contributed by atoms with E-state index >= 15 is 0 Å². The number of imidazole rings is 1. The number of nitrogens with zero attached hydrogens (tertiary/aromatic N) is 4. The molecular formula is C21H21N5O2. The lowest BCUT2D eigenvalue weighted by atomic mass is 10.2. The van der Waals surface area contributed by atoms with Crippen molar-refractivity contribution in [3.63, 3.8) is 0 Å². The second-order valence-corrected chi connectivity index (χ2v) is 7.41. The number of hydrogen-bond donors (Lipinski definition) is 1. The standard InChI is InChI=1S/C21H21N5O2/c1-13-5-7-25-12-17(23-19(25)9-13)16-10-15-3-4-18(24-20(15)28-21(16)27)26-8-6-22-14(2)11-26/h3-5,7,9-10,12,14,22H,6,8,11H2,1-2H3. The van der Waals surface area contributed by atoms with Crippen LogP contribution in [0.5, 0.6) is 0 Å². The van der Waals surface area contributed by atoms with Gasteiger partial charge in [-0.2, -0.15) is 4.98 Å². The minimum atomic E-state index is -0.425. The number of piperazine rings is 1. The summed E-state index contributed by atoms with van der Waals surface area (Å²) in [7, 11) is 0. The number of aryl methyl sites for hydroxylation is 1. The number of rotatable bonds is 2. The van der Waals surface area contributed by atoms with E-state index in [9.17, 15) is 4.79 Å². The second-order valence-electron chi connectivity index (χ2n) is 7.41. The maximum Gasteiger partial charge on any atom is 0.347 e. The Balaban J connectivity index is 1.56. The molecule has 5 rings (SSSR count). The zero-order valence-electron chi connectivity index (χ0n) is 15.8. The highest BCUT2D eigenvalue weighted by Gasteiger charge is 2.18. The molecule has 0 aliphatic carbocycles. The van der Waals surface area contributed by atoms with Gasteiger partial charge >= 0.3 is 5.63 Å². The van der Waals surface area contributed by atoms with Crippen molar-refractivity contribution in [2.75, 3.05) is 24.5 Å². The number of hydrogen-bond acceptors (Lipinski definition) is 6. The first kappa shape index (κ1) is 16.9. The molecule has 5 heterocycles. The Hall–Kier alpha value is -3.19. The van der Waals surface area contributed by atoms with Gasteiger partial charge in [0.1, 0.15) is 11.5 Å². The molecular weight excluding hydrogens is 354 g/mol. The highest BCUT2D eigenvalue weighted by Crippen LogP contribution is 2.23. The molecule has 0 spiro atoms. The third-order valence-corrected chi connectivity index (χ3v) is 5.17. The molecule has 1 unspecified atom stereocenters. The number of nitrogens with one attached hydrogen (secondary N) is 1. The molecule has 28 heavy (non-hydrogen) atoms. The molecule has 142 valence electrons. The Bertz CT molecular complexity index is 1240. The van der Waals surface area contributed by atoms with E-state index in [-0.39, 0.29) is 0 Å². The van der Waals surface area contributed by atoms with E-state index in [1.807, 2.05) is 54.0 Å². The molecule has 1 aliphatic rings. The number of anilines is 1. The zero-order chi connectivity index (χ0) is 19.3. The Labute approximate surface area is 161 Å². The van der Waals surface area contributed by atoms with E-state index in [4.69, 9.17) is 4.42 Å². The average molecular weight is 375 g/mol. The largest absolute Gasteiger partial charge is 0.403 e. The van der Waals surface area contributed by atoms with Crippen LogP contribution in [-0.4, -0.2) is 40.0 Å². The summed E-state index contributed by atoms with van der Waals surface area (Å²) >= 11 is 0. The van der Waals surface area contributed by atoms with Gasteiger partial charge < -0.3 is 19.0 Å². The Morgan fingerprint density at radius 1 is 1.21 bits per heavy atom. The molecule has 0 saturated carbocycles. The second kappa shape index (κ2) is 6.45. The summed E-state index contributed by atoms with van der Waals surface area (Å²) in [6.45, 7) is 6.83. The summed E-state index contributed by atoms with van der Waals surface area (Å²) in [6.07, 6.45) is 3.78. The van der Waals surface area contributed by atoms with Crippen LogP contribution >= 0.6 is 0 Å². The predicted molar refractivity (Wildman–Crippen MR) is 109 cm³/mol. The van der Waals surface area contributed by atoms with E-state index in [1.54, 1.807) is 0 Å². The number of pyridine rings is 2. The molecule has 0 radical (unpaired) electrons. The summed E-state index contributed by atoms with van der Waals surface area (Å²) < 4.78 is 7.47. The third kappa shape index (κ3) is 2.93. The first-order valence-electron chi connectivity index (χ1n) is 9.46. The molecule has 7 heteroatoms. The highest BCUT2D eigenvalue weighted by molar-refractivity contribution is 5.80. The third-order valence-electron chi connectivity index (χ3n) is 5.17. The maximum atomic E-state index is 12.6. The van der Waals surface area contributed by atoms with E-state index in [0.717, 1.165) is 42.0 Å². The van der Waals surface area contributed by atoms with Crippen LogP contribution in [0.1, 0.15) is 12.5 Å². The molecule has 1 N–H and O–H groups in total. The molecule has 4 aromatic heterocycles. The topological polar surface area (TPSA) is 75.7 Å². The summed E-state index contributed by atoms with van der Waals surface area (Å²) in [4.78, 5) is 24.0. The van der Waals surface area contributed by atoms with Crippen LogP contribution in [0, 0.1) is 6.92 Å². The van der Waals surface area contributed by atoms with E-state index in [2.05, 4.69) is 27.1 Å². The smallest absolute Gasteiger partial charge is 0.347 e. The van der Waals surface area contributed by atoms with Crippen LogP contribution in [-0.2, 0) is 0 Å². The van der Waals surface area contributed by atoms with Crippen molar-refractivity contribution in [1.82, 2.24) is 19.7 Å². The molecule has 0 amide bonds. The van der Waals surface area contributed by atoms with Crippen LogP contribution in [0.3, 0.4) is 0 Å². The van der Waals surface area contributed by atoms with Crippen LogP contribution in [0.25, 0.3) is 28.0 Å². The minimum Gasteiger partial charge on any atom is -0.403 e. The SMILES string of the molecule is Cc1ccn2cc(-c3cc4ccc(N5CCNC(C)C5)nc4oc3=O)nc2c1. The molecule has 1 atom stereocenters. The lowest BCUT2D eigenvalue weighted by Crippen LogP contribution is -2.49. The van der Waals surface area contributed by atoms with Crippen molar-refractivity contribution >= 4 is 22.6 Å². The fourth-order valence-corrected chi connectivity index (χ4v) is 3.70. The average Bonchev–Trinajstić information content (AvgIpc) is 3.10. The number of aromatic nitrogens is 3. The van der Waals surface area contributed by atoms with Crippen molar-refractivity contribution in [2.45, 2.75) is 19.9 Å². The molecule has 1 fully saturated rings. The summed E-state index contributed by atoms with van der Waals surface area (Å²) in [5.41, 5.74) is 2.90. The fourth-order valence-electron chi connectivity index (χ4n) is 3.70. The van der Waals surface area contributed by atoms with Gasteiger partial charge in [0.25, 0.3) is 0 Å². The Morgan fingerprint density at radius 3 is 2.96 bits per heavy atom. The fraction of sp³-hybridized carbons (Fsp3) is 0.286. The first-order chi connectivity index (χ1) is 13.6. The van der Waals surface area contributed by atoms with E-state index in [0.29, 0.717) is 23.0 Å². The monoisotopic (exact) mass is 375 g/mol. The van der Waals surface area contributed by atoms with E-state index in [1.165, 1.54) is 0 Å². The Kier molecular flexibility index (Phi) is 3.91. The zero-order valence-corrected chi connectivity index (χ0v) is 15.8. The van der Waals surface area contributed by atoms with E-state index < -0.39 is 5.63 Å². The summed E-state index contributed by atoms with van der Waals surface area (Å²) in [5, 5.41) is 4.20. The van der Waals surface area contributed by atoms with Crippen LogP contribution < -0.4 is 15.8 Å². The normalized spacial score (nSPS) is 17.5. The minimum absolute atomic E-state index is 0.358. The van der Waals surface area contributed by atoms with Gasteiger partial charge in [0, 0.05) is 43.5 Å². The number of fused-ring (bicyclic) bond motifs is 2. The predicted octanol–water partition coefficient (Wildman–Crippen LogP) is 2.61. The van der Waals surface area contributed by atoms with Gasteiger partial charge in [0.15, 0.2) is 0 Å². The van der Waals surface area contributed by atoms with Crippen molar-refractivity contribution in [3.8, 4) is 11.3 Å². The van der Waals surface area contributed by atoms with Gasteiger partial charge in [-0.25, -0.2) is 9.78 Å². The molecule has 0 aromatic carbocycles. The highest BCUT2D eigenvalue weighted by atomic mass is 16.4. The molecule has 1 saturated heterocycles. The molecule has 4 aromatic rings. The quantitative estimate of drug-likeness (QED) is 0.580. The van der Waals surface area contributed by atoms with Gasteiger partial charge in [0.2, 0.25) is 5.71 Å². The molecule has 1 aliphatic heterocycles. The first-order valence-corrected chi connectivity index (χ1v) is 9.46. The molecule has 7 nitrogen and oxygen atoms in total. The van der Waals surface area contributed by atoms with Crippen LogP contribution in [0.4, 0.5) is 5.82 Å². The van der Waals surface area contributed by atoms with Crippen molar-refractivity contribution in [3.05, 3.63) is 58.7 Å². The Morgan fingerprint density at radius 2 is 2.11 bits per heavy atom. The summed E-state index contributed by atoms with van der Waals surface area (Å²) in [6, 6.07) is 10.1. The van der Waals surface area contributed by atoms with Gasteiger partial charge in [-0.05, 0) is 49.7 Å². The molecule has 0 bridgehead atoms. The lowest BCUT2D eigenvalue weighted by Gasteiger charge is -2.32. The van der Waals surface area contributed by atoms with Crippen LogP contribution in [0.15, 0.2) is 51.9 Å². The van der Waals surface area contributed by atoms with Gasteiger partial charge in [-0.1, -0.05) is 0 Å². The summed E-state index contributed by atoms with van der Waals surface area (Å²) in [5.74, 6) is 0.833. The lowest BCUT2D eigenvalue weighted by molar-refractivity contribution is 0.481. The van der Waals surface area contributed by atoms with Crippen molar-refractivity contribution in [2.24, 2.45) is 0 Å². The van der Waals surface area contributed by atoms with Crippen molar-refractivity contribution in [1.29, 1.82) is 0 Å². The maximum absolute atomic E-state index is 12.6. The van der Waals surface area contributed by atoms with Gasteiger partial charge in [-0.15, -0.1) is 0 Å².